The molecule has 2 aliphatic carbocycles. The Morgan fingerprint density at radius 1 is 0.700 bits per heavy atom. The number of fused-ring (bicyclic) bond motifs is 4. The van der Waals surface area contributed by atoms with Gasteiger partial charge < -0.3 is 19.3 Å². The van der Waals surface area contributed by atoms with E-state index in [0.29, 0.717) is 50.3 Å². The number of imide groups is 2. The average Bonchev–Trinajstić information content (AvgIpc) is 3.66. The lowest BCUT2D eigenvalue weighted by Gasteiger charge is -2.51. The first-order valence-electron chi connectivity index (χ1n) is 19.8. The standard InChI is InChI=1S/C49H41ClN2O8/c1-58-34-21-24-40(59-2)29(25-34)18-15-28-16-19-32(20-17-28)51-45(54)36-23-22-35-37(42(36)47(51)56)27-38-46(55)52(33-12-7-11-31(50)26-33)48(57)49(38,30-9-5-4-6-10-30)44(35)43-39(53)13-8-14-41(43)60-3/h4-22,24-26,36-38,42,44,53H,23,27H2,1-3H3/t36-,37+,38-,42-,44+,49+/m0/s1. The molecule has 60 heavy (non-hydrogen) atoms. The van der Waals surface area contributed by atoms with Gasteiger partial charge in [-0.25, -0.2) is 4.90 Å². The molecule has 6 atom stereocenters. The van der Waals surface area contributed by atoms with Crippen molar-refractivity contribution < 1.29 is 38.5 Å². The largest absolute Gasteiger partial charge is 0.508 e. The number of phenols is 1. The third-order valence-electron chi connectivity index (χ3n) is 12.8. The quantitative estimate of drug-likeness (QED) is 0.0892. The van der Waals surface area contributed by atoms with E-state index < -0.39 is 46.8 Å². The molecule has 3 fully saturated rings. The molecule has 302 valence electrons. The maximum absolute atomic E-state index is 15.5. The zero-order valence-electron chi connectivity index (χ0n) is 33.1. The summed E-state index contributed by atoms with van der Waals surface area (Å²) in [5, 5.41) is 12.1. The predicted molar refractivity (Wildman–Crippen MR) is 228 cm³/mol. The number of rotatable bonds is 9. The first-order chi connectivity index (χ1) is 29.1. The number of carbonyl (C=O) groups is 4. The number of phenolic OH excluding ortho intramolecular Hbond substituents is 1. The number of hydrogen-bond acceptors (Lipinski definition) is 8. The van der Waals surface area contributed by atoms with Gasteiger partial charge in [0.05, 0.1) is 55.9 Å². The van der Waals surface area contributed by atoms with Gasteiger partial charge in [-0.1, -0.05) is 90.0 Å². The number of halogens is 1. The van der Waals surface area contributed by atoms with Crippen molar-refractivity contribution in [3.63, 3.8) is 0 Å². The minimum Gasteiger partial charge on any atom is -0.508 e. The summed E-state index contributed by atoms with van der Waals surface area (Å²) < 4.78 is 16.8. The fourth-order valence-corrected chi connectivity index (χ4v) is 10.4. The SMILES string of the molecule is COc1ccc(OC)c(C=Cc2ccc(N3C(=O)[C@H]4[C@H](CC=C5[C@H]4C[C@H]4C(=O)N(c6cccc(Cl)c6)C(=O)[C@@]4(c4ccccc4)[C@H]5c4c(O)cccc4OC)C3=O)cc2)c1. The molecular formula is C49H41ClN2O8. The highest BCUT2D eigenvalue weighted by atomic mass is 35.5. The number of ether oxygens (including phenoxy) is 3. The lowest BCUT2D eigenvalue weighted by atomic mass is 9.49. The van der Waals surface area contributed by atoms with Crippen LogP contribution in [0.1, 0.15) is 41.0 Å². The predicted octanol–water partition coefficient (Wildman–Crippen LogP) is 8.61. The topological polar surface area (TPSA) is 123 Å². The van der Waals surface area contributed by atoms with Crippen molar-refractivity contribution in [3.8, 4) is 23.0 Å². The Morgan fingerprint density at radius 3 is 2.17 bits per heavy atom. The molecule has 0 spiro atoms. The van der Waals surface area contributed by atoms with E-state index in [4.69, 9.17) is 25.8 Å². The van der Waals surface area contributed by atoms with Gasteiger partial charge >= 0.3 is 0 Å². The summed E-state index contributed by atoms with van der Waals surface area (Å²) in [6.45, 7) is 0. The summed E-state index contributed by atoms with van der Waals surface area (Å²) >= 11 is 6.44. The number of benzene rings is 5. The highest BCUT2D eigenvalue weighted by molar-refractivity contribution is 6.32. The second-order valence-electron chi connectivity index (χ2n) is 15.5. The van der Waals surface area contributed by atoms with Crippen LogP contribution in [-0.2, 0) is 24.6 Å². The van der Waals surface area contributed by atoms with E-state index in [1.165, 1.54) is 23.0 Å². The molecule has 1 N–H and O–H groups in total. The molecule has 1 saturated carbocycles. The maximum atomic E-state index is 15.5. The number of aromatic hydroxyl groups is 1. The van der Waals surface area contributed by atoms with Crippen molar-refractivity contribution in [1.82, 2.24) is 0 Å². The molecule has 11 heteroatoms. The van der Waals surface area contributed by atoms with E-state index in [1.54, 1.807) is 62.8 Å². The van der Waals surface area contributed by atoms with Crippen molar-refractivity contribution >= 4 is 58.8 Å². The highest BCUT2D eigenvalue weighted by Gasteiger charge is 2.71. The smallest absolute Gasteiger partial charge is 0.246 e. The fourth-order valence-electron chi connectivity index (χ4n) is 10.2. The van der Waals surface area contributed by atoms with Gasteiger partial charge in [0.25, 0.3) is 0 Å². The summed E-state index contributed by atoms with van der Waals surface area (Å²) in [6, 6.07) is 33.4. The van der Waals surface area contributed by atoms with Crippen molar-refractivity contribution in [2.75, 3.05) is 31.1 Å². The van der Waals surface area contributed by atoms with Crippen molar-refractivity contribution in [3.05, 3.63) is 154 Å². The second kappa shape index (κ2) is 15.2. The molecule has 10 nitrogen and oxygen atoms in total. The van der Waals surface area contributed by atoms with Crippen LogP contribution < -0.4 is 24.0 Å². The van der Waals surface area contributed by atoms with E-state index >= 15 is 9.59 Å². The van der Waals surface area contributed by atoms with Crippen molar-refractivity contribution in [1.29, 1.82) is 0 Å². The van der Waals surface area contributed by atoms with E-state index in [2.05, 4.69) is 0 Å². The normalized spacial score (nSPS) is 24.6. The van der Waals surface area contributed by atoms with Crippen LogP contribution in [0.15, 0.2) is 127 Å². The molecule has 0 radical (unpaired) electrons. The summed E-state index contributed by atoms with van der Waals surface area (Å²) in [7, 11) is 4.69. The first kappa shape index (κ1) is 38.8. The molecule has 9 rings (SSSR count). The molecule has 0 bridgehead atoms. The Morgan fingerprint density at radius 2 is 1.45 bits per heavy atom. The third-order valence-corrected chi connectivity index (χ3v) is 13.0. The maximum Gasteiger partial charge on any atom is 0.246 e. The molecule has 5 aromatic rings. The lowest BCUT2D eigenvalue weighted by Crippen LogP contribution is -2.53. The highest BCUT2D eigenvalue weighted by Crippen LogP contribution is 2.66. The number of allylic oxidation sites excluding steroid dienone is 2. The molecular weight excluding hydrogens is 780 g/mol. The minimum atomic E-state index is -1.56. The van der Waals surface area contributed by atoms with Crippen LogP contribution in [0.25, 0.3) is 12.2 Å². The van der Waals surface area contributed by atoms with Gasteiger partial charge in [-0.05, 0) is 90.6 Å². The Balaban J connectivity index is 1.14. The summed E-state index contributed by atoms with van der Waals surface area (Å²) in [5.41, 5.74) is 2.48. The number of methoxy groups -OCH3 is 3. The van der Waals surface area contributed by atoms with Crippen LogP contribution in [0.3, 0.4) is 0 Å². The monoisotopic (exact) mass is 820 g/mol. The average molecular weight is 821 g/mol. The summed E-state index contributed by atoms with van der Waals surface area (Å²) in [4.78, 5) is 62.3. The number of amides is 4. The van der Waals surface area contributed by atoms with E-state index in [1.807, 2.05) is 78.9 Å². The number of carbonyl (C=O) groups excluding carboxylic acids is 4. The minimum absolute atomic E-state index is 0.111. The summed E-state index contributed by atoms with van der Waals surface area (Å²) in [5.74, 6) is -4.13. The zero-order valence-corrected chi connectivity index (χ0v) is 33.8. The van der Waals surface area contributed by atoms with Crippen LogP contribution >= 0.6 is 11.6 Å². The van der Waals surface area contributed by atoms with Gasteiger partial charge in [0.15, 0.2) is 0 Å². The Hall–Kier alpha value is -6.65. The second-order valence-corrected chi connectivity index (χ2v) is 16.0. The number of nitrogens with zero attached hydrogens (tertiary/aromatic N) is 2. The Labute approximate surface area is 352 Å². The van der Waals surface area contributed by atoms with Gasteiger partial charge in [0, 0.05) is 22.1 Å². The molecule has 4 aliphatic rings. The van der Waals surface area contributed by atoms with Crippen LogP contribution in [0, 0.1) is 23.7 Å². The fraction of sp³-hybridized carbons (Fsp3) is 0.224. The van der Waals surface area contributed by atoms with Crippen LogP contribution in [0.5, 0.6) is 23.0 Å². The Bertz CT molecular complexity index is 2620. The molecule has 4 amide bonds. The van der Waals surface area contributed by atoms with Gasteiger partial charge in [-0.2, -0.15) is 0 Å². The van der Waals surface area contributed by atoms with Gasteiger partial charge in [-0.3, -0.25) is 24.1 Å². The molecule has 0 aromatic heterocycles. The van der Waals surface area contributed by atoms with Crippen molar-refractivity contribution in [2.24, 2.45) is 23.7 Å². The molecule has 0 unspecified atom stereocenters. The van der Waals surface area contributed by atoms with Crippen LogP contribution in [0.4, 0.5) is 11.4 Å². The van der Waals surface area contributed by atoms with Gasteiger partial charge in [0.1, 0.15) is 23.0 Å². The molecule has 2 aliphatic heterocycles. The lowest BCUT2D eigenvalue weighted by molar-refractivity contribution is -0.127. The first-order valence-corrected chi connectivity index (χ1v) is 20.1. The van der Waals surface area contributed by atoms with Crippen LogP contribution in [0.2, 0.25) is 5.02 Å². The summed E-state index contributed by atoms with van der Waals surface area (Å²) in [6.07, 6.45) is 6.11. The van der Waals surface area contributed by atoms with Gasteiger partial charge in [0.2, 0.25) is 23.6 Å². The molecule has 5 aromatic carbocycles. The van der Waals surface area contributed by atoms with E-state index in [-0.39, 0.29) is 30.4 Å². The van der Waals surface area contributed by atoms with E-state index in [0.717, 1.165) is 11.1 Å². The molecule has 2 heterocycles. The third kappa shape index (κ3) is 5.92. The van der Waals surface area contributed by atoms with Crippen molar-refractivity contribution in [2.45, 2.75) is 24.2 Å². The molecule has 2 saturated heterocycles. The Kier molecular flexibility index (Phi) is 9.83. The zero-order chi connectivity index (χ0) is 41.9. The van der Waals surface area contributed by atoms with Crippen LogP contribution in [-0.4, -0.2) is 50.1 Å². The van der Waals surface area contributed by atoms with Gasteiger partial charge in [-0.15, -0.1) is 0 Å². The number of hydrogen-bond donors (Lipinski definition) is 1. The number of anilines is 2. The van der Waals surface area contributed by atoms with E-state index in [9.17, 15) is 14.7 Å².